The van der Waals surface area contributed by atoms with Gasteiger partial charge in [0.25, 0.3) is 0 Å². The van der Waals surface area contributed by atoms with Crippen LogP contribution in [0.2, 0.25) is 0 Å². The summed E-state index contributed by atoms with van der Waals surface area (Å²) in [5.74, 6) is 4.12. The van der Waals surface area contributed by atoms with E-state index >= 15 is 0 Å². The molecule has 116 valence electrons. The molecular formula is C20H19NO2. The van der Waals surface area contributed by atoms with E-state index in [1.165, 1.54) is 6.42 Å². The van der Waals surface area contributed by atoms with Gasteiger partial charge in [0.1, 0.15) is 0 Å². The van der Waals surface area contributed by atoms with Crippen LogP contribution >= 0.6 is 0 Å². The third-order valence-electron chi connectivity index (χ3n) is 6.97. The van der Waals surface area contributed by atoms with Crippen LogP contribution < -0.4 is 0 Å². The molecule has 2 fully saturated rings. The van der Waals surface area contributed by atoms with Crippen LogP contribution in [0.25, 0.3) is 5.69 Å². The Morgan fingerprint density at radius 1 is 0.783 bits per heavy atom. The molecule has 2 saturated carbocycles. The molecule has 2 aromatic rings. The molecule has 0 spiro atoms. The van der Waals surface area contributed by atoms with E-state index in [0.29, 0.717) is 35.5 Å². The fourth-order valence-electron chi connectivity index (χ4n) is 6.38. The van der Waals surface area contributed by atoms with E-state index in [4.69, 9.17) is 0 Å². The fraction of sp³-hybridized carbons (Fsp3) is 0.400. The summed E-state index contributed by atoms with van der Waals surface area (Å²) in [7, 11) is 0. The van der Waals surface area contributed by atoms with E-state index in [-0.39, 0.29) is 11.8 Å². The summed E-state index contributed by atoms with van der Waals surface area (Å²) in [6.07, 6.45) is 7.20. The lowest BCUT2D eigenvalue weighted by Crippen LogP contribution is -2.24. The van der Waals surface area contributed by atoms with Crippen LogP contribution in [-0.4, -0.2) is 14.8 Å². The summed E-state index contributed by atoms with van der Waals surface area (Å²) in [5, 5.41) is 21.8. The van der Waals surface area contributed by atoms with E-state index in [9.17, 15) is 10.2 Å². The maximum absolute atomic E-state index is 10.9. The number of benzene rings is 1. The average Bonchev–Trinajstić information content (AvgIpc) is 3.33. The van der Waals surface area contributed by atoms with Crippen molar-refractivity contribution in [3.05, 3.63) is 53.6 Å². The van der Waals surface area contributed by atoms with E-state index in [1.807, 2.05) is 30.3 Å². The zero-order valence-corrected chi connectivity index (χ0v) is 12.8. The molecule has 23 heavy (non-hydrogen) atoms. The van der Waals surface area contributed by atoms with Crippen LogP contribution in [0.1, 0.15) is 35.8 Å². The quantitative estimate of drug-likeness (QED) is 0.620. The molecule has 3 heteroatoms. The number of fused-ring (bicyclic) bond motifs is 12. The number of para-hydroxylation sites is 1. The Morgan fingerprint density at radius 2 is 1.35 bits per heavy atom. The van der Waals surface area contributed by atoms with Crippen molar-refractivity contribution in [1.82, 2.24) is 4.57 Å². The normalized spacial score (nSPS) is 38.3. The number of rotatable bonds is 1. The third-order valence-corrected chi connectivity index (χ3v) is 6.97. The molecule has 0 amide bonds. The summed E-state index contributed by atoms with van der Waals surface area (Å²) < 4.78 is 1.64. The number of hydrogen-bond donors (Lipinski definition) is 2. The molecule has 0 saturated heterocycles. The van der Waals surface area contributed by atoms with Crippen LogP contribution in [0.4, 0.5) is 0 Å². The minimum Gasteiger partial charge on any atom is -0.494 e. The van der Waals surface area contributed by atoms with Gasteiger partial charge in [-0.05, 0) is 60.5 Å². The topological polar surface area (TPSA) is 45.4 Å². The molecule has 2 N–H and O–H groups in total. The SMILES string of the molecule is Oc1c2c(c(O)n1-c1ccccc1)C1CC2C2C3C=CC(C3)C12. The largest absolute Gasteiger partial charge is 0.494 e. The van der Waals surface area contributed by atoms with Gasteiger partial charge in [-0.1, -0.05) is 30.4 Å². The second-order valence-corrected chi connectivity index (χ2v) is 7.70. The molecule has 4 aliphatic carbocycles. The molecule has 6 unspecified atom stereocenters. The van der Waals surface area contributed by atoms with Crippen LogP contribution in [0.3, 0.4) is 0 Å². The Morgan fingerprint density at radius 3 is 1.91 bits per heavy atom. The Balaban J connectivity index is 1.56. The van der Waals surface area contributed by atoms with Crippen LogP contribution in [0, 0.1) is 23.7 Å². The zero-order valence-electron chi connectivity index (χ0n) is 12.8. The predicted octanol–water partition coefficient (Wildman–Crippen LogP) is 3.91. The van der Waals surface area contributed by atoms with Gasteiger partial charge in [-0.3, -0.25) is 4.57 Å². The van der Waals surface area contributed by atoms with Gasteiger partial charge in [0, 0.05) is 11.1 Å². The lowest BCUT2D eigenvalue weighted by atomic mass is 9.72. The predicted molar refractivity (Wildman–Crippen MR) is 86.9 cm³/mol. The smallest absolute Gasteiger partial charge is 0.202 e. The fourth-order valence-corrected chi connectivity index (χ4v) is 6.38. The van der Waals surface area contributed by atoms with Gasteiger partial charge < -0.3 is 10.2 Å². The standard InChI is InChI=1S/C20H19NO2/c22-19-17-13-9-14(16-11-7-6-10(8-11)15(13)16)18(17)20(23)21(19)12-4-2-1-3-5-12/h1-7,10-11,13-16,22-23H,8-9H2. The Bertz CT molecular complexity index is 803. The minimum atomic E-state index is 0.265. The highest BCUT2D eigenvalue weighted by molar-refractivity contribution is 5.60. The van der Waals surface area contributed by atoms with Crippen LogP contribution in [0.15, 0.2) is 42.5 Å². The summed E-state index contributed by atoms with van der Waals surface area (Å²) in [4.78, 5) is 0. The highest BCUT2D eigenvalue weighted by atomic mass is 16.3. The molecule has 3 nitrogen and oxygen atoms in total. The Labute approximate surface area is 134 Å². The van der Waals surface area contributed by atoms with Gasteiger partial charge in [-0.25, -0.2) is 0 Å². The zero-order chi connectivity index (χ0) is 15.3. The molecule has 1 aromatic carbocycles. The van der Waals surface area contributed by atoms with Gasteiger partial charge >= 0.3 is 0 Å². The van der Waals surface area contributed by atoms with Crippen molar-refractivity contribution in [2.75, 3.05) is 0 Å². The molecule has 6 rings (SSSR count). The Kier molecular flexibility index (Phi) is 2.05. The minimum absolute atomic E-state index is 0.265. The first-order valence-electron chi connectivity index (χ1n) is 8.66. The van der Waals surface area contributed by atoms with Crippen molar-refractivity contribution in [3.63, 3.8) is 0 Å². The lowest BCUT2D eigenvalue weighted by Gasteiger charge is -2.31. The molecule has 0 radical (unpaired) electrons. The second kappa shape index (κ2) is 3.84. The van der Waals surface area contributed by atoms with E-state index in [2.05, 4.69) is 12.2 Å². The molecular weight excluding hydrogens is 286 g/mol. The molecule has 4 bridgehead atoms. The molecule has 1 heterocycles. The van der Waals surface area contributed by atoms with Gasteiger partial charge in [0.2, 0.25) is 11.8 Å². The van der Waals surface area contributed by atoms with Crippen molar-refractivity contribution in [3.8, 4) is 17.4 Å². The van der Waals surface area contributed by atoms with Gasteiger partial charge in [0.15, 0.2) is 0 Å². The average molecular weight is 305 g/mol. The molecule has 1 aromatic heterocycles. The number of aromatic hydroxyl groups is 2. The van der Waals surface area contributed by atoms with Crippen LogP contribution in [0.5, 0.6) is 11.8 Å². The highest BCUT2D eigenvalue weighted by Gasteiger charge is 2.62. The van der Waals surface area contributed by atoms with Gasteiger partial charge in [0.05, 0.1) is 5.69 Å². The van der Waals surface area contributed by atoms with E-state index < -0.39 is 0 Å². The van der Waals surface area contributed by atoms with Gasteiger partial charge in [-0.2, -0.15) is 0 Å². The third kappa shape index (κ3) is 1.26. The summed E-state index contributed by atoms with van der Waals surface area (Å²) in [6.45, 7) is 0. The first kappa shape index (κ1) is 12.3. The van der Waals surface area contributed by atoms with E-state index in [0.717, 1.165) is 23.2 Å². The van der Waals surface area contributed by atoms with Crippen LogP contribution in [-0.2, 0) is 0 Å². The van der Waals surface area contributed by atoms with Crippen molar-refractivity contribution in [2.24, 2.45) is 23.7 Å². The monoisotopic (exact) mass is 305 g/mol. The van der Waals surface area contributed by atoms with Gasteiger partial charge in [-0.15, -0.1) is 0 Å². The first-order valence-corrected chi connectivity index (χ1v) is 8.66. The summed E-state index contributed by atoms with van der Waals surface area (Å²) in [6, 6.07) is 9.69. The van der Waals surface area contributed by atoms with E-state index in [1.54, 1.807) is 4.57 Å². The van der Waals surface area contributed by atoms with Crippen molar-refractivity contribution in [2.45, 2.75) is 24.7 Å². The number of aromatic nitrogens is 1. The molecule has 4 aliphatic rings. The number of hydrogen-bond acceptors (Lipinski definition) is 2. The number of allylic oxidation sites excluding steroid dienone is 2. The molecule has 6 atom stereocenters. The molecule has 0 aliphatic heterocycles. The Hall–Kier alpha value is -2.16. The maximum Gasteiger partial charge on any atom is 0.202 e. The van der Waals surface area contributed by atoms with Crippen molar-refractivity contribution < 1.29 is 10.2 Å². The van der Waals surface area contributed by atoms with Crippen molar-refractivity contribution in [1.29, 1.82) is 0 Å². The highest BCUT2D eigenvalue weighted by Crippen LogP contribution is 2.72. The first-order chi connectivity index (χ1) is 11.3. The lowest BCUT2D eigenvalue weighted by molar-refractivity contribution is 0.298. The number of nitrogens with zero attached hydrogens (tertiary/aromatic N) is 1. The second-order valence-electron chi connectivity index (χ2n) is 7.70. The maximum atomic E-state index is 10.9. The summed E-state index contributed by atoms with van der Waals surface area (Å²) >= 11 is 0. The summed E-state index contributed by atoms with van der Waals surface area (Å²) in [5.41, 5.74) is 2.92. The van der Waals surface area contributed by atoms with Crippen molar-refractivity contribution >= 4 is 0 Å².